The largest absolute Gasteiger partial charge is 0.467 e. The van der Waals surface area contributed by atoms with Crippen LogP contribution in [-0.4, -0.2) is 34.8 Å². The van der Waals surface area contributed by atoms with E-state index in [0.717, 1.165) is 29.7 Å². The molecular weight excluding hydrogens is 394 g/mol. The van der Waals surface area contributed by atoms with E-state index in [2.05, 4.69) is 12.2 Å². The van der Waals surface area contributed by atoms with E-state index in [1.54, 1.807) is 23.3 Å². The van der Waals surface area contributed by atoms with E-state index >= 15 is 0 Å². The molecule has 31 heavy (non-hydrogen) atoms. The first-order valence-electron chi connectivity index (χ1n) is 11.0. The van der Waals surface area contributed by atoms with Crippen molar-refractivity contribution in [2.45, 2.75) is 58.0 Å². The first-order chi connectivity index (χ1) is 14.9. The van der Waals surface area contributed by atoms with Gasteiger partial charge in [0.15, 0.2) is 0 Å². The van der Waals surface area contributed by atoms with Crippen LogP contribution >= 0.6 is 0 Å². The first-order valence-corrected chi connectivity index (χ1v) is 11.0. The zero-order chi connectivity index (χ0) is 22.0. The highest BCUT2D eigenvalue weighted by molar-refractivity contribution is 6.10. The standard InChI is InChI=1S/C24H29N3O4/c1-3-18-10-12-24(13-11-18)22(29)27(23(30)25-24)16-21(28)26(15-20-5-4-14-31-20)19-8-6-17(2)7-9-19/h4-9,14,18H,3,10-13,15-16H2,1-2H3,(H,25,30). The Bertz CT molecular complexity index is 944. The lowest BCUT2D eigenvalue weighted by Gasteiger charge is -2.34. The number of anilines is 1. The maximum atomic E-state index is 13.3. The number of amides is 4. The lowest BCUT2D eigenvalue weighted by Crippen LogP contribution is -2.50. The van der Waals surface area contributed by atoms with Crippen LogP contribution in [0.3, 0.4) is 0 Å². The second kappa shape index (κ2) is 8.57. The summed E-state index contributed by atoms with van der Waals surface area (Å²) in [5.74, 6) is 0.613. The molecule has 0 atom stereocenters. The Kier molecular flexibility index (Phi) is 5.85. The number of hydrogen-bond acceptors (Lipinski definition) is 4. The molecule has 4 rings (SSSR count). The van der Waals surface area contributed by atoms with Gasteiger partial charge in [0, 0.05) is 5.69 Å². The monoisotopic (exact) mass is 423 g/mol. The molecule has 1 aromatic heterocycles. The summed E-state index contributed by atoms with van der Waals surface area (Å²) in [6.45, 7) is 4.06. The molecule has 1 N–H and O–H groups in total. The molecule has 0 bridgehead atoms. The van der Waals surface area contributed by atoms with Crippen LogP contribution in [0.1, 0.15) is 50.4 Å². The van der Waals surface area contributed by atoms with Crippen molar-refractivity contribution in [1.82, 2.24) is 10.2 Å². The summed E-state index contributed by atoms with van der Waals surface area (Å²) in [4.78, 5) is 41.8. The van der Waals surface area contributed by atoms with Crippen molar-refractivity contribution >= 4 is 23.5 Å². The van der Waals surface area contributed by atoms with Gasteiger partial charge in [-0.3, -0.25) is 14.5 Å². The van der Waals surface area contributed by atoms with Crippen molar-refractivity contribution in [2.24, 2.45) is 5.92 Å². The normalized spacial score (nSPS) is 23.3. The number of benzene rings is 1. The van der Waals surface area contributed by atoms with E-state index in [0.29, 0.717) is 30.2 Å². The third-order valence-electron chi connectivity index (χ3n) is 6.62. The van der Waals surface area contributed by atoms with Crippen LogP contribution < -0.4 is 10.2 Å². The van der Waals surface area contributed by atoms with Crippen LogP contribution in [0.25, 0.3) is 0 Å². The van der Waals surface area contributed by atoms with Crippen LogP contribution in [0.4, 0.5) is 10.5 Å². The fraction of sp³-hybridized carbons (Fsp3) is 0.458. The maximum absolute atomic E-state index is 13.3. The molecule has 7 nitrogen and oxygen atoms in total. The topological polar surface area (TPSA) is 82.9 Å². The predicted molar refractivity (Wildman–Crippen MR) is 116 cm³/mol. The Balaban J connectivity index is 1.52. The van der Waals surface area contributed by atoms with E-state index in [4.69, 9.17) is 4.42 Å². The van der Waals surface area contributed by atoms with E-state index in [1.807, 2.05) is 31.2 Å². The lowest BCUT2D eigenvalue weighted by atomic mass is 9.75. The Morgan fingerprint density at radius 3 is 2.52 bits per heavy atom. The zero-order valence-corrected chi connectivity index (χ0v) is 18.1. The molecule has 4 amide bonds. The highest BCUT2D eigenvalue weighted by atomic mass is 16.3. The molecular formula is C24H29N3O4. The van der Waals surface area contributed by atoms with Gasteiger partial charge >= 0.3 is 6.03 Å². The summed E-state index contributed by atoms with van der Waals surface area (Å²) in [7, 11) is 0. The Hall–Kier alpha value is -3.09. The molecule has 0 radical (unpaired) electrons. The maximum Gasteiger partial charge on any atom is 0.325 e. The molecule has 1 saturated heterocycles. The minimum atomic E-state index is -0.848. The molecule has 0 unspecified atom stereocenters. The van der Waals surface area contributed by atoms with E-state index in [1.165, 1.54) is 0 Å². The van der Waals surface area contributed by atoms with Gasteiger partial charge in [0.2, 0.25) is 5.91 Å². The van der Waals surface area contributed by atoms with Gasteiger partial charge in [-0.2, -0.15) is 0 Å². The number of imide groups is 1. The predicted octanol–water partition coefficient (Wildman–Crippen LogP) is 4.01. The fourth-order valence-corrected chi connectivity index (χ4v) is 4.56. The number of carbonyl (C=O) groups excluding carboxylic acids is 3. The highest BCUT2D eigenvalue weighted by Crippen LogP contribution is 2.37. The molecule has 1 aliphatic carbocycles. The highest BCUT2D eigenvalue weighted by Gasteiger charge is 2.52. The summed E-state index contributed by atoms with van der Waals surface area (Å²) < 4.78 is 5.43. The van der Waals surface area contributed by atoms with E-state index in [9.17, 15) is 14.4 Å². The van der Waals surface area contributed by atoms with Crippen molar-refractivity contribution in [3.05, 3.63) is 54.0 Å². The number of furan rings is 1. The average molecular weight is 424 g/mol. The number of hydrogen-bond donors (Lipinski definition) is 1. The van der Waals surface area contributed by atoms with Gasteiger partial charge in [0.1, 0.15) is 17.8 Å². The van der Waals surface area contributed by atoms with Crippen LogP contribution in [0, 0.1) is 12.8 Å². The van der Waals surface area contributed by atoms with Gasteiger partial charge in [-0.15, -0.1) is 0 Å². The number of aryl methyl sites for hydroxylation is 1. The number of carbonyl (C=O) groups is 3. The molecule has 2 aliphatic rings. The van der Waals surface area contributed by atoms with Crippen molar-refractivity contribution in [2.75, 3.05) is 11.4 Å². The molecule has 1 aliphatic heterocycles. The SMILES string of the molecule is CCC1CCC2(CC1)NC(=O)N(CC(=O)N(Cc1ccco1)c1ccc(C)cc1)C2=O. The summed E-state index contributed by atoms with van der Waals surface area (Å²) in [5, 5.41) is 2.90. The summed E-state index contributed by atoms with van der Waals surface area (Å²) >= 11 is 0. The number of nitrogens with zero attached hydrogens (tertiary/aromatic N) is 2. The Morgan fingerprint density at radius 2 is 1.90 bits per heavy atom. The first kappa shape index (κ1) is 21.2. The smallest absolute Gasteiger partial charge is 0.325 e. The zero-order valence-electron chi connectivity index (χ0n) is 18.1. The molecule has 2 aromatic rings. The summed E-state index contributed by atoms with van der Waals surface area (Å²) in [6, 6.07) is 10.6. The van der Waals surface area contributed by atoms with Crippen molar-refractivity contribution in [1.29, 1.82) is 0 Å². The van der Waals surface area contributed by atoms with Crippen LogP contribution in [0.2, 0.25) is 0 Å². The molecule has 2 fully saturated rings. The third-order valence-corrected chi connectivity index (χ3v) is 6.62. The molecule has 2 heterocycles. The Morgan fingerprint density at radius 1 is 1.19 bits per heavy atom. The van der Waals surface area contributed by atoms with Crippen LogP contribution in [0.15, 0.2) is 47.1 Å². The van der Waals surface area contributed by atoms with E-state index < -0.39 is 11.6 Å². The molecule has 164 valence electrons. The molecule has 7 heteroatoms. The molecule has 1 aromatic carbocycles. The summed E-state index contributed by atoms with van der Waals surface area (Å²) in [6.07, 6.45) is 5.74. The number of rotatable bonds is 6. The van der Waals surface area contributed by atoms with Crippen molar-refractivity contribution in [3.8, 4) is 0 Å². The lowest BCUT2D eigenvalue weighted by molar-refractivity contribution is -0.135. The van der Waals surface area contributed by atoms with Gasteiger partial charge in [-0.1, -0.05) is 31.0 Å². The average Bonchev–Trinajstić information content (AvgIpc) is 3.36. The number of nitrogens with one attached hydrogen (secondary N) is 1. The van der Waals surface area contributed by atoms with Gasteiger partial charge in [0.05, 0.1) is 12.8 Å². The van der Waals surface area contributed by atoms with Gasteiger partial charge in [0.25, 0.3) is 5.91 Å². The minimum Gasteiger partial charge on any atom is -0.467 e. The van der Waals surface area contributed by atoms with Gasteiger partial charge < -0.3 is 14.6 Å². The van der Waals surface area contributed by atoms with Crippen LogP contribution in [-0.2, 0) is 16.1 Å². The quantitative estimate of drug-likeness (QED) is 0.712. The second-order valence-corrected chi connectivity index (χ2v) is 8.65. The minimum absolute atomic E-state index is 0.224. The molecule has 1 saturated carbocycles. The van der Waals surface area contributed by atoms with Crippen molar-refractivity contribution < 1.29 is 18.8 Å². The van der Waals surface area contributed by atoms with Gasteiger partial charge in [-0.05, 0) is 62.8 Å². The fourth-order valence-electron chi connectivity index (χ4n) is 4.56. The number of urea groups is 1. The van der Waals surface area contributed by atoms with Gasteiger partial charge in [-0.25, -0.2) is 4.79 Å². The Labute approximate surface area is 182 Å². The third kappa shape index (κ3) is 4.22. The second-order valence-electron chi connectivity index (χ2n) is 8.65. The van der Waals surface area contributed by atoms with Crippen LogP contribution in [0.5, 0.6) is 0 Å². The van der Waals surface area contributed by atoms with E-state index in [-0.39, 0.29) is 24.9 Å². The van der Waals surface area contributed by atoms with Crippen molar-refractivity contribution in [3.63, 3.8) is 0 Å². The summed E-state index contributed by atoms with van der Waals surface area (Å²) in [5.41, 5.74) is 0.920. The molecule has 1 spiro atoms.